The van der Waals surface area contributed by atoms with Crippen LogP contribution in [0.15, 0.2) is 18.2 Å². The first-order valence-corrected chi connectivity index (χ1v) is 8.74. The third-order valence-corrected chi connectivity index (χ3v) is 6.00. The summed E-state index contributed by atoms with van der Waals surface area (Å²) in [5, 5.41) is 9.24. The molecule has 2 fully saturated rings. The van der Waals surface area contributed by atoms with E-state index in [1.165, 1.54) is 25.0 Å². The number of benzene rings is 1. The van der Waals surface area contributed by atoms with Crippen molar-refractivity contribution in [1.82, 2.24) is 9.80 Å². The van der Waals surface area contributed by atoms with Crippen LogP contribution in [0, 0.1) is 17.7 Å². The average molecular weight is 334 g/mol. The van der Waals surface area contributed by atoms with E-state index in [0.717, 1.165) is 24.7 Å². The molecule has 0 radical (unpaired) electrons. The van der Waals surface area contributed by atoms with Crippen LogP contribution in [-0.4, -0.2) is 54.0 Å². The molecule has 5 heteroatoms. The van der Waals surface area contributed by atoms with Crippen LogP contribution in [0.5, 0.6) is 5.75 Å². The Labute approximate surface area is 143 Å². The molecule has 4 nitrogen and oxygen atoms in total. The zero-order chi connectivity index (χ0) is 17.4. The Hall–Kier alpha value is -1.62. The maximum atomic E-state index is 13.4. The van der Waals surface area contributed by atoms with Crippen molar-refractivity contribution in [3.63, 3.8) is 0 Å². The number of hydrogen-bond acceptors (Lipinski definition) is 3. The molecule has 0 heterocycles. The molecule has 0 bridgehead atoms. The largest absolute Gasteiger partial charge is 0.505 e. The second-order valence-electron chi connectivity index (χ2n) is 7.70. The highest BCUT2D eigenvalue weighted by atomic mass is 19.1. The van der Waals surface area contributed by atoms with Crippen LogP contribution in [-0.2, 0) is 11.2 Å². The van der Waals surface area contributed by atoms with Crippen LogP contribution in [0.3, 0.4) is 0 Å². The van der Waals surface area contributed by atoms with Gasteiger partial charge in [0, 0.05) is 19.1 Å². The van der Waals surface area contributed by atoms with Gasteiger partial charge in [-0.3, -0.25) is 4.79 Å². The lowest BCUT2D eigenvalue weighted by Gasteiger charge is -2.27. The van der Waals surface area contributed by atoms with Gasteiger partial charge in [0.15, 0.2) is 11.6 Å². The van der Waals surface area contributed by atoms with Crippen LogP contribution in [0.1, 0.15) is 31.2 Å². The molecule has 2 aliphatic carbocycles. The summed E-state index contributed by atoms with van der Waals surface area (Å²) in [6.07, 6.45) is 4.82. The number of hydrogen-bond donors (Lipinski definition) is 1. The van der Waals surface area contributed by atoms with Crippen LogP contribution >= 0.6 is 0 Å². The highest BCUT2D eigenvalue weighted by molar-refractivity contribution is 5.79. The van der Waals surface area contributed by atoms with E-state index >= 15 is 0 Å². The number of phenols is 1. The van der Waals surface area contributed by atoms with E-state index in [1.807, 2.05) is 11.9 Å². The quantitative estimate of drug-likeness (QED) is 0.921. The molecule has 2 saturated carbocycles. The van der Waals surface area contributed by atoms with Crippen molar-refractivity contribution in [2.45, 2.75) is 44.2 Å². The van der Waals surface area contributed by atoms with E-state index in [4.69, 9.17) is 0 Å². The fraction of sp³-hybridized carbons (Fsp3) is 0.632. The lowest BCUT2D eigenvalue weighted by atomic mass is 10.0. The zero-order valence-electron chi connectivity index (χ0n) is 14.7. The summed E-state index contributed by atoms with van der Waals surface area (Å²) in [5.41, 5.74) is 0.605. The highest BCUT2D eigenvalue weighted by Gasteiger charge is 2.43. The number of carbonyl (C=O) groups is 1. The standard InChI is InChI=1S/C19H27FN2O2/c1-21(2)15-8-13-10-16(11-14(13)9-15)22(3)19(24)7-12-4-5-18(23)17(20)6-12/h4-6,13-16,23H,7-11H2,1-3H3/t13-,14+,15?,16?. The predicted octanol–water partition coefficient (Wildman–Crippen LogP) is 2.65. The Balaban J connectivity index is 1.56. The second-order valence-corrected chi connectivity index (χ2v) is 7.70. The van der Waals surface area contributed by atoms with Gasteiger partial charge in [0.25, 0.3) is 0 Å². The maximum Gasteiger partial charge on any atom is 0.226 e. The SMILES string of the molecule is CN(C)C1C[C@@H]2CC(N(C)C(=O)Cc3ccc(O)c(F)c3)C[C@@H]2C1. The Morgan fingerprint density at radius 3 is 2.25 bits per heavy atom. The van der Waals surface area contributed by atoms with Crippen molar-refractivity contribution < 1.29 is 14.3 Å². The van der Waals surface area contributed by atoms with E-state index in [-0.39, 0.29) is 18.1 Å². The minimum atomic E-state index is -0.673. The fourth-order valence-corrected chi connectivity index (χ4v) is 4.45. The lowest BCUT2D eigenvalue weighted by Crippen LogP contribution is -2.37. The van der Waals surface area contributed by atoms with Gasteiger partial charge in [0.05, 0.1) is 6.42 Å². The van der Waals surface area contributed by atoms with Crippen LogP contribution in [0.4, 0.5) is 4.39 Å². The minimum absolute atomic E-state index is 0.0224. The number of rotatable bonds is 4. The van der Waals surface area contributed by atoms with Gasteiger partial charge in [-0.05, 0) is 69.3 Å². The molecule has 132 valence electrons. The summed E-state index contributed by atoms with van der Waals surface area (Å²) in [5.74, 6) is 0.424. The van der Waals surface area contributed by atoms with Gasteiger partial charge in [-0.25, -0.2) is 4.39 Å². The Kier molecular flexibility index (Phi) is 4.81. The third-order valence-electron chi connectivity index (χ3n) is 6.00. The molecule has 2 aliphatic rings. The molecule has 0 saturated heterocycles. The molecule has 1 aromatic rings. The highest BCUT2D eigenvalue weighted by Crippen LogP contribution is 2.46. The monoisotopic (exact) mass is 334 g/mol. The van der Waals surface area contributed by atoms with Gasteiger partial charge in [0.1, 0.15) is 0 Å². The molecule has 2 unspecified atom stereocenters. The Bertz CT molecular complexity index is 605. The molecule has 1 aromatic carbocycles. The van der Waals surface area contributed by atoms with Crippen molar-refractivity contribution in [2.75, 3.05) is 21.1 Å². The molecule has 0 aliphatic heterocycles. The van der Waals surface area contributed by atoms with Crippen LogP contribution in [0.25, 0.3) is 0 Å². The fourth-order valence-electron chi connectivity index (χ4n) is 4.45. The topological polar surface area (TPSA) is 43.8 Å². The molecule has 1 N–H and O–H groups in total. The number of fused-ring (bicyclic) bond motifs is 1. The summed E-state index contributed by atoms with van der Waals surface area (Å²) in [7, 11) is 6.17. The summed E-state index contributed by atoms with van der Waals surface area (Å²) in [6.45, 7) is 0. The van der Waals surface area contributed by atoms with Crippen molar-refractivity contribution in [3.05, 3.63) is 29.6 Å². The van der Waals surface area contributed by atoms with Gasteiger partial charge < -0.3 is 14.9 Å². The second kappa shape index (κ2) is 6.71. The molecular formula is C19H27FN2O2. The van der Waals surface area contributed by atoms with E-state index in [0.29, 0.717) is 17.6 Å². The van der Waals surface area contributed by atoms with Crippen molar-refractivity contribution >= 4 is 5.91 Å². The first-order valence-electron chi connectivity index (χ1n) is 8.74. The number of halogens is 1. The first-order chi connectivity index (χ1) is 11.3. The van der Waals surface area contributed by atoms with E-state index in [2.05, 4.69) is 19.0 Å². The van der Waals surface area contributed by atoms with E-state index in [1.54, 1.807) is 6.07 Å². The number of likely N-dealkylation sites (N-methyl/N-ethyl adjacent to an activating group) is 1. The molecule has 1 amide bonds. The Morgan fingerprint density at radius 1 is 1.12 bits per heavy atom. The Morgan fingerprint density at radius 2 is 1.71 bits per heavy atom. The average Bonchev–Trinajstić information content (AvgIpc) is 3.08. The van der Waals surface area contributed by atoms with Gasteiger partial charge >= 0.3 is 0 Å². The summed E-state index contributed by atoms with van der Waals surface area (Å²) < 4.78 is 13.4. The van der Waals surface area contributed by atoms with Crippen LogP contribution in [0.2, 0.25) is 0 Å². The molecular weight excluding hydrogens is 307 g/mol. The third kappa shape index (κ3) is 3.41. The maximum absolute atomic E-state index is 13.4. The molecule has 4 atom stereocenters. The zero-order valence-corrected chi connectivity index (χ0v) is 14.7. The smallest absolute Gasteiger partial charge is 0.226 e. The normalized spacial score (nSPS) is 29.0. The van der Waals surface area contributed by atoms with Gasteiger partial charge in [-0.1, -0.05) is 6.07 Å². The van der Waals surface area contributed by atoms with Crippen molar-refractivity contribution in [3.8, 4) is 5.75 Å². The van der Waals surface area contributed by atoms with Crippen LogP contribution < -0.4 is 0 Å². The number of aromatic hydroxyl groups is 1. The number of amides is 1. The molecule has 3 rings (SSSR count). The predicted molar refractivity (Wildman–Crippen MR) is 91.2 cm³/mol. The summed E-state index contributed by atoms with van der Waals surface area (Å²) in [6, 6.07) is 5.14. The van der Waals surface area contributed by atoms with Crippen molar-refractivity contribution in [2.24, 2.45) is 11.8 Å². The van der Waals surface area contributed by atoms with Crippen molar-refractivity contribution in [1.29, 1.82) is 0 Å². The van der Waals surface area contributed by atoms with Gasteiger partial charge in [-0.2, -0.15) is 0 Å². The number of nitrogens with zero attached hydrogens (tertiary/aromatic N) is 2. The first kappa shape index (κ1) is 17.2. The number of phenolic OH excluding ortho intramolecular Hbond substituents is 1. The summed E-state index contributed by atoms with van der Waals surface area (Å²) in [4.78, 5) is 16.7. The summed E-state index contributed by atoms with van der Waals surface area (Å²) >= 11 is 0. The molecule has 24 heavy (non-hydrogen) atoms. The van der Waals surface area contributed by atoms with Gasteiger partial charge in [-0.15, -0.1) is 0 Å². The molecule has 0 aromatic heterocycles. The number of carbonyl (C=O) groups excluding carboxylic acids is 1. The van der Waals surface area contributed by atoms with E-state index < -0.39 is 5.82 Å². The molecule has 0 spiro atoms. The van der Waals surface area contributed by atoms with Gasteiger partial charge in [0.2, 0.25) is 5.91 Å². The lowest BCUT2D eigenvalue weighted by molar-refractivity contribution is -0.131. The minimum Gasteiger partial charge on any atom is -0.505 e. The van der Waals surface area contributed by atoms with E-state index in [9.17, 15) is 14.3 Å².